The van der Waals surface area contributed by atoms with Crippen molar-refractivity contribution < 1.29 is 9.59 Å². The Kier molecular flexibility index (Phi) is 2.51. The molecule has 94 valence electrons. The lowest BCUT2D eigenvalue weighted by atomic mass is 9.64. The van der Waals surface area contributed by atoms with Gasteiger partial charge in [-0.05, 0) is 38.8 Å². The third-order valence-electron chi connectivity index (χ3n) is 5.06. The van der Waals surface area contributed by atoms with Crippen molar-refractivity contribution >= 4 is 11.8 Å². The Hall–Kier alpha value is -0.900. The Bertz CT molecular complexity index is 368. The molecule has 3 atom stereocenters. The highest BCUT2D eigenvalue weighted by molar-refractivity contribution is 5.99. The van der Waals surface area contributed by atoms with E-state index in [1.807, 2.05) is 0 Å². The van der Waals surface area contributed by atoms with E-state index >= 15 is 0 Å². The number of piperidine rings is 1. The molecule has 1 spiro atoms. The van der Waals surface area contributed by atoms with Gasteiger partial charge in [0.2, 0.25) is 11.8 Å². The summed E-state index contributed by atoms with van der Waals surface area (Å²) in [5, 5.41) is 2.51. The van der Waals surface area contributed by atoms with E-state index in [0.717, 1.165) is 32.4 Å². The van der Waals surface area contributed by atoms with Gasteiger partial charge in [0.15, 0.2) is 0 Å². The second kappa shape index (κ2) is 3.80. The molecule has 3 fully saturated rings. The van der Waals surface area contributed by atoms with E-state index < -0.39 is 0 Å². The number of hydrogen-bond acceptors (Lipinski definition) is 3. The van der Waals surface area contributed by atoms with E-state index in [2.05, 4.69) is 17.1 Å². The first-order chi connectivity index (χ1) is 8.17. The number of amides is 2. The Morgan fingerprint density at radius 1 is 1.41 bits per heavy atom. The summed E-state index contributed by atoms with van der Waals surface area (Å²) in [6.45, 7) is 4.29. The van der Waals surface area contributed by atoms with Gasteiger partial charge in [-0.1, -0.05) is 6.92 Å². The molecule has 4 nitrogen and oxygen atoms in total. The largest absolute Gasteiger partial charge is 0.300 e. The first kappa shape index (κ1) is 11.2. The van der Waals surface area contributed by atoms with Crippen molar-refractivity contribution in [3.63, 3.8) is 0 Å². The summed E-state index contributed by atoms with van der Waals surface area (Å²) in [6, 6.07) is 0.474. The van der Waals surface area contributed by atoms with Gasteiger partial charge in [-0.2, -0.15) is 0 Å². The minimum atomic E-state index is -0.0616. The standard InChI is InChI=1S/C13H20N2O2/c1-2-9-12(17)14-11(16)8-13(9)5-7-15-6-3-4-10(13)15/h9-10H,2-8H2,1H3,(H,14,16,17). The van der Waals surface area contributed by atoms with Crippen molar-refractivity contribution in [2.75, 3.05) is 13.1 Å². The van der Waals surface area contributed by atoms with Crippen LogP contribution in [0.5, 0.6) is 0 Å². The first-order valence-electron chi connectivity index (χ1n) is 6.75. The number of nitrogens with zero attached hydrogens (tertiary/aromatic N) is 1. The molecule has 0 aliphatic carbocycles. The molecule has 3 saturated heterocycles. The highest BCUT2D eigenvalue weighted by Crippen LogP contribution is 2.52. The number of hydrogen-bond donors (Lipinski definition) is 1. The molecule has 1 N–H and O–H groups in total. The van der Waals surface area contributed by atoms with E-state index in [-0.39, 0.29) is 23.1 Å². The van der Waals surface area contributed by atoms with Crippen molar-refractivity contribution in [3.05, 3.63) is 0 Å². The monoisotopic (exact) mass is 236 g/mol. The maximum Gasteiger partial charge on any atom is 0.230 e. The molecule has 3 rings (SSSR count). The lowest BCUT2D eigenvalue weighted by Crippen LogP contribution is -2.55. The van der Waals surface area contributed by atoms with Crippen LogP contribution < -0.4 is 5.32 Å². The number of imide groups is 1. The molecule has 3 aliphatic rings. The zero-order valence-electron chi connectivity index (χ0n) is 10.4. The summed E-state index contributed by atoms with van der Waals surface area (Å²) in [7, 11) is 0. The number of carbonyl (C=O) groups excluding carboxylic acids is 2. The molecule has 17 heavy (non-hydrogen) atoms. The van der Waals surface area contributed by atoms with E-state index in [0.29, 0.717) is 12.5 Å². The minimum Gasteiger partial charge on any atom is -0.300 e. The molecule has 0 radical (unpaired) electrons. The lowest BCUT2D eigenvalue weighted by Gasteiger charge is -2.43. The van der Waals surface area contributed by atoms with Gasteiger partial charge in [0.1, 0.15) is 0 Å². The number of fused-ring (bicyclic) bond motifs is 2. The molecule has 0 aromatic carbocycles. The van der Waals surface area contributed by atoms with Crippen LogP contribution in [0, 0.1) is 11.3 Å². The third kappa shape index (κ3) is 1.46. The SMILES string of the molecule is CCC1C(=O)NC(=O)CC12CCN1CCCC12. The van der Waals surface area contributed by atoms with Crippen molar-refractivity contribution in [2.45, 2.75) is 45.1 Å². The van der Waals surface area contributed by atoms with Gasteiger partial charge in [-0.25, -0.2) is 0 Å². The highest BCUT2D eigenvalue weighted by Gasteiger charge is 2.57. The predicted molar refractivity (Wildman–Crippen MR) is 63.2 cm³/mol. The van der Waals surface area contributed by atoms with Crippen LogP contribution in [0.3, 0.4) is 0 Å². The quantitative estimate of drug-likeness (QED) is 0.689. The number of nitrogens with one attached hydrogen (secondary N) is 1. The number of carbonyl (C=O) groups is 2. The van der Waals surface area contributed by atoms with Crippen LogP contribution in [0.1, 0.15) is 39.0 Å². The molecule has 3 unspecified atom stereocenters. The van der Waals surface area contributed by atoms with E-state index in [1.54, 1.807) is 0 Å². The fourth-order valence-corrected chi connectivity index (χ4v) is 4.42. The second-order valence-corrected chi connectivity index (χ2v) is 5.73. The molecule has 2 amide bonds. The van der Waals surface area contributed by atoms with Crippen molar-refractivity contribution in [3.8, 4) is 0 Å². The summed E-state index contributed by atoms with van der Waals surface area (Å²) in [5.41, 5.74) is -0.0509. The van der Waals surface area contributed by atoms with Crippen LogP contribution in [0.25, 0.3) is 0 Å². The average molecular weight is 236 g/mol. The van der Waals surface area contributed by atoms with Crippen LogP contribution in [-0.2, 0) is 9.59 Å². The number of rotatable bonds is 1. The Morgan fingerprint density at radius 3 is 3.00 bits per heavy atom. The van der Waals surface area contributed by atoms with Gasteiger partial charge in [-0.3, -0.25) is 19.8 Å². The van der Waals surface area contributed by atoms with Gasteiger partial charge in [0.05, 0.1) is 0 Å². The van der Waals surface area contributed by atoms with Crippen LogP contribution >= 0.6 is 0 Å². The molecule has 3 heterocycles. The summed E-state index contributed by atoms with van der Waals surface area (Å²) in [4.78, 5) is 26.3. The summed E-state index contributed by atoms with van der Waals surface area (Å²) < 4.78 is 0. The Labute approximate surface area is 102 Å². The Morgan fingerprint density at radius 2 is 2.24 bits per heavy atom. The second-order valence-electron chi connectivity index (χ2n) is 5.73. The van der Waals surface area contributed by atoms with E-state index in [9.17, 15) is 9.59 Å². The fourth-order valence-electron chi connectivity index (χ4n) is 4.42. The van der Waals surface area contributed by atoms with Crippen LogP contribution in [0.2, 0.25) is 0 Å². The lowest BCUT2D eigenvalue weighted by molar-refractivity contribution is -0.145. The molecule has 0 bridgehead atoms. The zero-order chi connectivity index (χ0) is 12.0. The topological polar surface area (TPSA) is 49.4 Å². The summed E-state index contributed by atoms with van der Waals surface area (Å²) in [6.07, 6.45) is 4.81. The fraction of sp³-hybridized carbons (Fsp3) is 0.846. The van der Waals surface area contributed by atoms with E-state index in [1.165, 1.54) is 6.42 Å². The molecular formula is C13H20N2O2. The van der Waals surface area contributed by atoms with Gasteiger partial charge >= 0.3 is 0 Å². The molecule has 0 saturated carbocycles. The molecule has 0 aromatic heterocycles. The smallest absolute Gasteiger partial charge is 0.230 e. The summed E-state index contributed by atoms with van der Waals surface area (Å²) >= 11 is 0. The summed E-state index contributed by atoms with van der Waals surface area (Å²) in [5.74, 6) is -0.0563. The van der Waals surface area contributed by atoms with Gasteiger partial charge in [0, 0.05) is 23.8 Å². The van der Waals surface area contributed by atoms with Gasteiger partial charge < -0.3 is 0 Å². The molecular weight excluding hydrogens is 216 g/mol. The van der Waals surface area contributed by atoms with Gasteiger partial charge in [0.25, 0.3) is 0 Å². The predicted octanol–water partition coefficient (Wildman–Crippen LogP) is 0.914. The molecule has 0 aromatic rings. The first-order valence-corrected chi connectivity index (χ1v) is 6.75. The molecule has 4 heteroatoms. The van der Waals surface area contributed by atoms with Crippen LogP contribution in [0.4, 0.5) is 0 Å². The van der Waals surface area contributed by atoms with Crippen molar-refractivity contribution in [1.82, 2.24) is 10.2 Å². The van der Waals surface area contributed by atoms with Crippen molar-refractivity contribution in [1.29, 1.82) is 0 Å². The van der Waals surface area contributed by atoms with Crippen LogP contribution in [-0.4, -0.2) is 35.8 Å². The van der Waals surface area contributed by atoms with E-state index in [4.69, 9.17) is 0 Å². The Balaban J connectivity index is 1.97. The molecule has 3 aliphatic heterocycles. The average Bonchev–Trinajstić information content (AvgIpc) is 2.83. The third-order valence-corrected chi connectivity index (χ3v) is 5.06. The zero-order valence-corrected chi connectivity index (χ0v) is 10.4. The maximum atomic E-state index is 12.0. The highest BCUT2D eigenvalue weighted by atomic mass is 16.2. The van der Waals surface area contributed by atoms with Crippen molar-refractivity contribution in [2.24, 2.45) is 11.3 Å². The minimum absolute atomic E-state index is 0.0301. The maximum absolute atomic E-state index is 12.0. The van der Waals surface area contributed by atoms with Crippen LogP contribution in [0.15, 0.2) is 0 Å². The normalized spacial score (nSPS) is 41.9. The van der Waals surface area contributed by atoms with Gasteiger partial charge in [-0.15, -0.1) is 0 Å².